The summed E-state index contributed by atoms with van der Waals surface area (Å²) in [5.41, 5.74) is 0. The lowest BCUT2D eigenvalue weighted by Gasteiger charge is -1.85. The largest absolute Gasteiger partial charge is 0.291 e. The van der Waals surface area contributed by atoms with Crippen LogP contribution in [-0.2, 0) is 9.59 Å². The summed E-state index contributed by atoms with van der Waals surface area (Å²) in [4.78, 5) is 18.9. The van der Waals surface area contributed by atoms with Crippen LogP contribution in [0.4, 0.5) is 0 Å². The van der Waals surface area contributed by atoms with Gasteiger partial charge in [0.15, 0.2) is 6.29 Å². The van der Waals surface area contributed by atoms with Gasteiger partial charge in [-0.3, -0.25) is 9.59 Å². The van der Waals surface area contributed by atoms with Crippen molar-refractivity contribution in [3.05, 3.63) is 0 Å². The zero-order valence-electron chi connectivity index (χ0n) is 3.55. The predicted molar refractivity (Wildman–Crippen MR) is 28.8 cm³/mol. The first-order chi connectivity index (χ1) is 3.31. The molecule has 0 aromatic rings. The molecule has 0 aliphatic heterocycles. The van der Waals surface area contributed by atoms with E-state index in [0.29, 0.717) is 0 Å². The number of thiol groups is 1. The Morgan fingerprint density at radius 3 is 2.29 bits per heavy atom. The van der Waals surface area contributed by atoms with Crippen molar-refractivity contribution in [2.75, 3.05) is 0 Å². The monoisotopic (exact) mass is 116 g/mol. The summed E-state index contributed by atoms with van der Waals surface area (Å²) < 4.78 is 0. The highest BCUT2D eigenvalue weighted by molar-refractivity contribution is 7.81. The lowest BCUT2D eigenvalue weighted by atomic mass is 10.4. The third-order valence-corrected chi connectivity index (χ3v) is 0.701. The van der Waals surface area contributed by atoms with E-state index in [0.717, 1.165) is 0 Å². The van der Waals surface area contributed by atoms with Crippen LogP contribution in [0.1, 0.15) is 6.42 Å². The lowest BCUT2D eigenvalue weighted by Crippen LogP contribution is -1.98. The number of rotatable bonds is 3. The second-order valence-corrected chi connectivity index (χ2v) is 1.61. The van der Waals surface area contributed by atoms with E-state index in [1.165, 1.54) is 12.6 Å². The molecule has 7 heavy (non-hydrogen) atoms. The summed E-state index contributed by atoms with van der Waals surface area (Å²) >= 11 is 3.62. The van der Waals surface area contributed by atoms with E-state index in [2.05, 4.69) is 12.6 Å². The van der Waals surface area contributed by atoms with E-state index in [4.69, 9.17) is 0 Å². The second-order valence-electron chi connectivity index (χ2n) is 0.982. The first-order valence-electron chi connectivity index (χ1n) is 1.72. The molecule has 1 atom stereocenters. The van der Waals surface area contributed by atoms with Crippen molar-refractivity contribution < 1.29 is 9.59 Å². The average molecular weight is 116 g/mol. The molecule has 2 nitrogen and oxygen atoms in total. The smallest absolute Gasteiger partial charge is 0.212 e. The topological polar surface area (TPSA) is 34.1 Å². The molecule has 0 saturated heterocycles. The van der Waals surface area contributed by atoms with Gasteiger partial charge in [0.05, 0.1) is 5.25 Å². The predicted octanol–water partition coefficient (Wildman–Crippen LogP) is -0.106. The minimum atomic E-state index is -0.586. The summed E-state index contributed by atoms with van der Waals surface area (Å²) in [6.45, 7) is 0. The van der Waals surface area contributed by atoms with Crippen LogP contribution in [0.25, 0.3) is 0 Å². The third-order valence-electron chi connectivity index (χ3n) is 0.413. The Morgan fingerprint density at radius 2 is 2.14 bits per heavy atom. The van der Waals surface area contributed by atoms with Crippen LogP contribution in [-0.4, -0.2) is 17.8 Å². The molecule has 0 heterocycles. The van der Waals surface area contributed by atoms with E-state index < -0.39 is 5.25 Å². The summed E-state index contributed by atoms with van der Waals surface area (Å²) in [7, 11) is 0. The van der Waals surface area contributed by atoms with Gasteiger partial charge in [0.1, 0.15) is 0 Å². The molecule has 3 heteroatoms. The van der Waals surface area contributed by atoms with Crippen molar-refractivity contribution in [2.45, 2.75) is 11.7 Å². The van der Waals surface area contributed by atoms with Gasteiger partial charge in [-0.15, -0.1) is 0 Å². The molecule has 2 radical (unpaired) electrons. The molecule has 38 valence electrons. The van der Waals surface area contributed by atoms with Gasteiger partial charge in [-0.25, -0.2) is 0 Å². The number of hydrogen-bond acceptors (Lipinski definition) is 3. The van der Waals surface area contributed by atoms with Gasteiger partial charge >= 0.3 is 0 Å². The van der Waals surface area contributed by atoms with Crippen LogP contribution < -0.4 is 0 Å². The molecule has 1 unspecified atom stereocenters. The Morgan fingerprint density at radius 1 is 1.57 bits per heavy atom. The van der Waals surface area contributed by atoms with Crippen molar-refractivity contribution in [3.8, 4) is 0 Å². The highest BCUT2D eigenvalue weighted by Crippen LogP contribution is 1.91. The van der Waals surface area contributed by atoms with Crippen LogP contribution in [0.2, 0.25) is 0 Å². The molecule has 0 fully saturated rings. The Hall–Kier alpha value is -0.310. The Labute approximate surface area is 47.3 Å². The fourth-order valence-electron chi connectivity index (χ4n) is 0.121. The quantitative estimate of drug-likeness (QED) is 0.522. The first kappa shape index (κ1) is 6.69. The van der Waals surface area contributed by atoms with Crippen molar-refractivity contribution in [3.63, 3.8) is 0 Å². The van der Waals surface area contributed by atoms with E-state index in [9.17, 15) is 9.59 Å². The molecule has 0 N–H and O–H groups in total. The maximum absolute atomic E-state index is 9.51. The molecule has 0 bridgehead atoms. The average Bonchev–Trinajstić information content (AvgIpc) is 1.68. The van der Waals surface area contributed by atoms with Gasteiger partial charge < -0.3 is 0 Å². The van der Waals surface area contributed by atoms with Crippen molar-refractivity contribution in [1.29, 1.82) is 0 Å². The molecule has 0 aromatic carbocycles. The third kappa shape index (κ3) is 3.52. The van der Waals surface area contributed by atoms with Crippen LogP contribution >= 0.6 is 12.6 Å². The number of carbonyl (C=O) groups excluding carboxylic acids is 2. The summed E-state index contributed by atoms with van der Waals surface area (Å²) in [6, 6.07) is 0. The normalized spacial score (nSPS) is 12.7. The zero-order chi connectivity index (χ0) is 5.70. The summed E-state index contributed by atoms with van der Waals surface area (Å²) in [6.07, 6.45) is 3.08. The van der Waals surface area contributed by atoms with Crippen LogP contribution in [0.15, 0.2) is 0 Å². The van der Waals surface area contributed by atoms with E-state index in [1.54, 1.807) is 0 Å². The summed E-state index contributed by atoms with van der Waals surface area (Å²) in [5.74, 6) is 0. The molecule has 0 aromatic heterocycles. The minimum absolute atomic E-state index is 0.0343. The van der Waals surface area contributed by atoms with Crippen LogP contribution in [0, 0.1) is 0 Å². The Balaban J connectivity index is 3.15. The van der Waals surface area contributed by atoms with Gasteiger partial charge in [0.2, 0.25) is 6.29 Å². The highest BCUT2D eigenvalue weighted by atomic mass is 32.1. The summed E-state index contributed by atoms with van der Waals surface area (Å²) in [5, 5.41) is -0.586. The van der Waals surface area contributed by atoms with Gasteiger partial charge in [-0.05, 0) is 0 Å². The van der Waals surface area contributed by atoms with Gasteiger partial charge in [0, 0.05) is 6.42 Å². The SMILES string of the molecule is O=[C]CC(S)[C]=O. The van der Waals surface area contributed by atoms with Gasteiger partial charge in [-0.1, -0.05) is 0 Å². The number of hydrogen-bond donors (Lipinski definition) is 1. The van der Waals surface area contributed by atoms with Crippen molar-refractivity contribution in [1.82, 2.24) is 0 Å². The van der Waals surface area contributed by atoms with Gasteiger partial charge in [-0.2, -0.15) is 12.6 Å². The first-order valence-corrected chi connectivity index (χ1v) is 2.23. The Bertz CT molecular complexity index is 72.1. The lowest BCUT2D eigenvalue weighted by molar-refractivity contribution is 0.542. The van der Waals surface area contributed by atoms with E-state index in [-0.39, 0.29) is 6.42 Å². The van der Waals surface area contributed by atoms with Gasteiger partial charge in [0.25, 0.3) is 0 Å². The fourth-order valence-corrected chi connectivity index (χ4v) is 0.195. The molecule has 0 aliphatic rings. The van der Waals surface area contributed by atoms with Crippen LogP contribution in [0.5, 0.6) is 0 Å². The van der Waals surface area contributed by atoms with Crippen molar-refractivity contribution in [2.24, 2.45) is 0 Å². The zero-order valence-corrected chi connectivity index (χ0v) is 4.44. The van der Waals surface area contributed by atoms with E-state index >= 15 is 0 Å². The maximum Gasteiger partial charge on any atom is 0.212 e. The molecule has 0 aliphatic carbocycles. The maximum atomic E-state index is 9.51. The fraction of sp³-hybridized carbons (Fsp3) is 0.500. The molecule has 0 amide bonds. The highest BCUT2D eigenvalue weighted by Gasteiger charge is 1.97. The molecule has 0 spiro atoms. The minimum Gasteiger partial charge on any atom is -0.291 e. The molecular formula is C4H4O2S. The molecular weight excluding hydrogens is 112 g/mol. The van der Waals surface area contributed by atoms with Crippen molar-refractivity contribution >= 4 is 25.2 Å². The standard InChI is InChI=1S/C4H4O2S/c5-2-1-4(7)3-6/h4,7H,1H2. The molecule has 0 rings (SSSR count). The second kappa shape index (κ2) is 3.87. The Kier molecular flexibility index (Phi) is 3.69. The molecule has 0 saturated carbocycles. The van der Waals surface area contributed by atoms with E-state index in [1.807, 2.05) is 0 Å². The van der Waals surface area contributed by atoms with Crippen LogP contribution in [0.3, 0.4) is 0 Å².